The van der Waals surface area contributed by atoms with Crippen LogP contribution in [-0.4, -0.2) is 49.6 Å². The molecule has 0 aromatic heterocycles. The topological polar surface area (TPSA) is 35.6 Å². The lowest BCUT2D eigenvalue weighted by Gasteiger charge is -2.34. The third-order valence-corrected chi connectivity index (χ3v) is 4.44. The van der Waals surface area contributed by atoms with Gasteiger partial charge in [-0.3, -0.25) is 9.69 Å². The van der Waals surface area contributed by atoms with Crippen LogP contribution in [0.25, 0.3) is 0 Å². The Morgan fingerprint density at radius 2 is 2.20 bits per heavy atom. The van der Waals surface area contributed by atoms with Crippen molar-refractivity contribution in [3.63, 3.8) is 0 Å². The molecule has 2 heterocycles. The molecule has 20 heavy (non-hydrogen) atoms. The van der Waals surface area contributed by atoms with Gasteiger partial charge < -0.3 is 10.2 Å². The first-order valence-electron chi connectivity index (χ1n) is 7.59. The van der Waals surface area contributed by atoms with Gasteiger partial charge in [0.15, 0.2) is 0 Å². The molecular formula is C16H23N3O. The second kappa shape index (κ2) is 5.94. The van der Waals surface area contributed by atoms with E-state index in [9.17, 15) is 4.79 Å². The van der Waals surface area contributed by atoms with Gasteiger partial charge in [0, 0.05) is 50.9 Å². The van der Waals surface area contributed by atoms with E-state index in [1.807, 2.05) is 11.0 Å². The summed E-state index contributed by atoms with van der Waals surface area (Å²) >= 11 is 0. The highest BCUT2D eigenvalue weighted by molar-refractivity contribution is 5.95. The molecule has 0 aliphatic carbocycles. The first-order chi connectivity index (χ1) is 9.75. The Kier molecular flexibility index (Phi) is 4.03. The number of anilines is 1. The molecule has 4 nitrogen and oxygen atoms in total. The van der Waals surface area contributed by atoms with Crippen LogP contribution in [0.2, 0.25) is 0 Å². The highest BCUT2D eigenvalue weighted by Crippen LogP contribution is 2.27. The second-order valence-corrected chi connectivity index (χ2v) is 5.76. The lowest BCUT2D eigenvalue weighted by Crippen LogP contribution is -2.50. The summed E-state index contributed by atoms with van der Waals surface area (Å²) in [5.74, 6) is 0.265. The minimum Gasteiger partial charge on any atom is -0.314 e. The van der Waals surface area contributed by atoms with E-state index in [0.717, 1.165) is 44.8 Å². The highest BCUT2D eigenvalue weighted by atomic mass is 16.2. The van der Waals surface area contributed by atoms with Crippen molar-refractivity contribution < 1.29 is 4.79 Å². The van der Waals surface area contributed by atoms with E-state index in [2.05, 4.69) is 35.3 Å². The van der Waals surface area contributed by atoms with Crippen molar-refractivity contribution in [3.8, 4) is 0 Å². The fourth-order valence-electron chi connectivity index (χ4n) is 3.19. The maximum absolute atomic E-state index is 12.4. The van der Waals surface area contributed by atoms with Crippen LogP contribution in [-0.2, 0) is 11.2 Å². The number of benzene rings is 1. The molecule has 0 spiro atoms. The molecular weight excluding hydrogens is 250 g/mol. The van der Waals surface area contributed by atoms with Gasteiger partial charge in [-0.2, -0.15) is 0 Å². The number of carbonyl (C=O) groups excluding carboxylic acids is 1. The predicted molar refractivity (Wildman–Crippen MR) is 81.0 cm³/mol. The summed E-state index contributed by atoms with van der Waals surface area (Å²) in [4.78, 5) is 16.8. The van der Waals surface area contributed by atoms with Crippen LogP contribution in [0.15, 0.2) is 24.3 Å². The van der Waals surface area contributed by atoms with Crippen LogP contribution in [0.1, 0.15) is 18.9 Å². The normalized spacial score (nSPS) is 22.9. The quantitative estimate of drug-likeness (QED) is 0.900. The van der Waals surface area contributed by atoms with Crippen LogP contribution in [0.5, 0.6) is 0 Å². The first kappa shape index (κ1) is 13.6. The number of hydrogen-bond acceptors (Lipinski definition) is 3. The summed E-state index contributed by atoms with van der Waals surface area (Å²) < 4.78 is 0. The largest absolute Gasteiger partial charge is 0.314 e. The Morgan fingerprint density at radius 1 is 1.35 bits per heavy atom. The van der Waals surface area contributed by atoms with Crippen molar-refractivity contribution in [1.29, 1.82) is 0 Å². The van der Waals surface area contributed by atoms with Gasteiger partial charge in [0.2, 0.25) is 5.91 Å². The van der Waals surface area contributed by atoms with Crippen molar-refractivity contribution in [2.75, 3.05) is 37.6 Å². The maximum atomic E-state index is 12.4. The Morgan fingerprint density at radius 3 is 3.05 bits per heavy atom. The highest BCUT2D eigenvalue weighted by Gasteiger charge is 2.25. The minimum atomic E-state index is 0.265. The van der Waals surface area contributed by atoms with E-state index in [0.29, 0.717) is 12.5 Å². The van der Waals surface area contributed by atoms with Crippen LogP contribution in [0.4, 0.5) is 5.69 Å². The molecule has 4 heteroatoms. The summed E-state index contributed by atoms with van der Waals surface area (Å²) in [6.45, 7) is 7.05. The molecule has 1 aromatic carbocycles. The molecule has 108 valence electrons. The third kappa shape index (κ3) is 2.72. The smallest absolute Gasteiger partial charge is 0.228 e. The Bertz CT molecular complexity index is 488. The summed E-state index contributed by atoms with van der Waals surface area (Å²) in [6.07, 6.45) is 1.62. The van der Waals surface area contributed by atoms with E-state index >= 15 is 0 Å². The van der Waals surface area contributed by atoms with Crippen molar-refractivity contribution >= 4 is 11.6 Å². The third-order valence-electron chi connectivity index (χ3n) is 4.44. The van der Waals surface area contributed by atoms with Gasteiger partial charge in [-0.1, -0.05) is 18.2 Å². The van der Waals surface area contributed by atoms with Crippen LogP contribution < -0.4 is 10.2 Å². The van der Waals surface area contributed by atoms with Crippen molar-refractivity contribution in [1.82, 2.24) is 10.2 Å². The molecule has 1 saturated heterocycles. The van der Waals surface area contributed by atoms with Crippen molar-refractivity contribution in [2.24, 2.45) is 0 Å². The zero-order chi connectivity index (χ0) is 13.9. The van der Waals surface area contributed by atoms with E-state index in [-0.39, 0.29) is 5.91 Å². The summed E-state index contributed by atoms with van der Waals surface area (Å²) in [6, 6.07) is 8.79. The van der Waals surface area contributed by atoms with Gasteiger partial charge in [0.1, 0.15) is 0 Å². The standard InChI is InChI=1S/C16H23N3O/c1-13-12-17-8-11-18(13)9-7-16(20)19-10-6-14-4-2-3-5-15(14)19/h2-5,13,17H,6-12H2,1H3/t13-/m0/s1. The number of piperazine rings is 1. The zero-order valence-electron chi connectivity index (χ0n) is 12.1. The average Bonchev–Trinajstić information content (AvgIpc) is 2.90. The first-order valence-corrected chi connectivity index (χ1v) is 7.59. The average molecular weight is 273 g/mol. The van der Waals surface area contributed by atoms with Crippen molar-refractivity contribution in [2.45, 2.75) is 25.8 Å². The Balaban J connectivity index is 1.58. The Hall–Kier alpha value is -1.39. The van der Waals surface area contributed by atoms with E-state index in [4.69, 9.17) is 0 Å². The Labute approximate surface area is 120 Å². The molecule has 2 aliphatic heterocycles. The summed E-state index contributed by atoms with van der Waals surface area (Å²) in [5, 5.41) is 3.38. The number of hydrogen-bond donors (Lipinski definition) is 1. The molecule has 1 atom stereocenters. The molecule has 1 N–H and O–H groups in total. The van der Waals surface area contributed by atoms with Gasteiger partial charge in [-0.15, -0.1) is 0 Å². The maximum Gasteiger partial charge on any atom is 0.228 e. The van der Waals surface area contributed by atoms with Gasteiger partial charge in [-0.25, -0.2) is 0 Å². The molecule has 0 radical (unpaired) electrons. The van der Waals surface area contributed by atoms with Crippen LogP contribution in [0.3, 0.4) is 0 Å². The second-order valence-electron chi connectivity index (χ2n) is 5.76. The van der Waals surface area contributed by atoms with Gasteiger partial charge in [0.05, 0.1) is 0 Å². The van der Waals surface area contributed by atoms with Crippen LogP contribution in [0, 0.1) is 0 Å². The number of para-hydroxylation sites is 1. The number of carbonyl (C=O) groups is 1. The summed E-state index contributed by atoms with van der Waals surface area (Å²) in [7, 11) is 0. The minimum absolute atomic E-state index is 0.265. The van der Waals surface area contributed by atoms with Gasteiger partial charge in [-0.05, 0) is 25.0 Å². The number of rotatable bonds is 3. The fraction of sp³-hybridized carbons (Fsp3) is 0.562. The van der Waals surface area contributed by atoms with Crippen molar-refractivity contribution in [3.05, 3.63) is 29.8 Å². The zero-order valence-corrected chi connectivity index (χ0v) is 12.1. The molecule has 3 rings (SSSR count). The number of nitrogens with one attached hydrogen (secondary N) is 1. The molecule has 2 aliphatic rings. The molecule has 0 unspecified atom stereocenters. The molecule has 0 bridgehead atoms. The van der Waals surface area contributed by atoms with E-state index in [1.165, 1.54) is 5.56 Å². The monoisotopic (exact) mass is 273 g/mol. The fourth-order valence-corrected chi connectivity index (χ4v) is 3.19. The van der Waals surface area contributed by atoms with Crippen LogP contribution >= 0.6 is 0 Å². The van der Waals surface area contributed by atoms with Gasteiger partial charge in [0.25, 0.3) is 0 Å². The van der Waals surface area contributed by atoms with E-state index in [1.54, 1.807) is 0 Å². The lowest BCUT2D eigenvalue weighted by atomic mass is 10.2. The number of nitrogens with zero attached hydrogens (tertiary/aromatic N) is 2. The SMILES string of the molecule is C[C@H]1CNCCN1CCC(=O)N1CCc2ccccc21. The lowest BCUT2D eigenvalue weighted by molar-refractivity contribution is -0.119. The number of amides is 1. The van der Waals surface area contributed by atoms with E-state index < -0.39 is 0 Å². The number of fused-ring (bicyclic) bond motifs is 1. The predicted octanol–water partition coefficient (Wildman–Crippen LogP) is 1.26. The van der Waals surface area contributed by atoms with Gasteiger partial charge >= 0.3 is 0 Å². The molecule has 1 fully saturated rings. The molecule has 1 amide bonds. The summed E-state index contributed by atoms with van der Waals surface area (Å²) in [5.41, 5.74) is 2.42. The molecule has 0 saturated carbocycles. The molecule has 1 aromatic rings.